The second-order valence-corrected chi connectivity index (χ2v) is 13.0. The lowest BCUT2D eigenvalue weighted by molar-refractivity contribution is -0.137. The van der Waals surface area contributed by atoms with Crippen molar-refractivity contribution in [1.82, 2.24) is 4.98 Å². The van der Waals surface area contributed by atoms with Gasteiger partial charge < -0.3 is 19.6 Å². The van der Waals surface area contributed by atoms with E-state index in [1.165, 1.54) is 38.1 Å². The van der Waals surface area contributed by atoms with Crippen LogP contribution in [0.2, 0.25) is 0 Å². The number of thioether (sulfide) groups is 1. The van der Waals surface area contributed by atoms with Gasteiger partial charge in [-0.1, -0.05) is 17.4 Å². The van der Waals surface area contributed by atoms with Crippen LogP contribution in [0.5, 0.6) is 17.2 Å². The average molecular weight is 605 g/mol. The monoisotopic (exact) mass is 604 g/mol. The van der Waals surface area contributed by atoms with Crippen molar-refractivity contribution in [2.75, 3.05) is 19.1 Å². The summed E-state index contributed by atoms with van der Waals surface area (Å²) in [4.78, 5) is 44.5. The van der Waals surface area contributed by atoms with Crippen LogP contribution in [0.15, 0.2) is 46.2 Å². The van der Waals surface area contributed by atoms with Gasteiger partial charge in [-0.3, -0.25) is 19.3 Å². The van der Waals surface area contributed by atoms with Gasteiger partial charge in [-0.25, -0.2) is 0 Å². The number of anilines is 1. The van der Waals surface area contributed by atoms with Crippen molar-refractivity contribution in [2.45, 2.75) is 28.8 Å². The number of carbonyl (C=O) groups is 2. The predicted molar refractivity (Wildman–Crippen MR) is 144 cm³/mol. The molecule has 0 radical (unpaired) electrons. The quantitative estimate of drug-likeness (QED) is 0.410. The number of aromatic nitrogens is 1. The minimum atomic E-state index is -4.61. The molecule has 7 rings (SSSR count). The number of hydrogen-bond donors (Lipinski definition) is 2. The Morgan fingerprint density at radius 3 is 2.29 bits per heavy atom. The summed E-state index contributed by atoms with van der Waals surface area (Å²) in [5.74, 6) is -3.00. The third-order valence-corrected chi connectivity index (χ3v) is 11.6. The number of H-pyrrole nitrogens is 1. The van der Waals surface area contributed by atoms with Gasteiger partial charge in [0.1, 0.15) is 0 Å². The number of nitrogens with one attached hydrogen (secondary N) is 1. The van der Waals surface area contributed by atoms with Crippen molar-refractivity contribution >= 4 is 40.6 Å². The first-order valence-electron chi connectivity index (χ1n) is 12.9. The number of aromatic amines is 1. The summed E-state index contributed by atoms with van der Waals surface area (Å²) in [6, 6.07) is 7.71. The summed E-state index contributed by atoms with van der Waals surface area (Å²) in [7, 11) is 2.84. The lowest BCUT2D eigenvalue weighted by Gasteiger charge is -2.43. The van der Waals surface area contributed by atoms with E-state index in [4.69, 9.17) is 9.47 Å². The normalized spacial score (nSPS) is 29.9. The molecule has 2 aliphatic heterocycles. The molecular formula is C28H23F3N2O6S2. The van der Waals surface area contributed by atoms with Gasteiger partial charge >= 0.3 is 11.0 Å². The fourth-order valence-electron chi connectivity index (χ4n) is 7.56. The number of alkyl halides is 3. The number of fused-ring (bicyclic) bond motifs is 9. The smallest absolute Gasteiger partial charge is 0.416 e. The molecule has 2 bridgehead atoms. The summed E-state index contributed by atoms with van der Waals surface area (Å²) in [5, 5.41) is 11.1. The Balaban J connectivity index is 1.32. The highest BCUT2D eigenvalue weighted by Crippen LogP contribution is 2.69. The standard InChI is InChI=1S/C28H23F3N2O6S2/c1-38-15-6-10(7-16(39-2)21(15)34)17-18-13-9-14(22(18)40-24-23(17)41-27(37)32-24)20-19(13)25(35)33(26(20)36)12-5-3-4-11(8-12)28(29,30)31/h3-8,13-14,17-20,22,34H,9H2,1-2H3,(H,32,37)/t13?,14?,17-,18?,19?,20?,22?/m1/s1. The maximum Gasteiger partial charge on any atom is 0.416 e. The van der Waals surface area contributed by atoms with Gasteiger partial charge in [0.15, 0.2) is 11.5 Å². The Hall–Kier alpha value is -3.45. The van der Waals surface area contributed by atoms with Crippen LogP contribution < -0.4 is 19.2 Å². The minimum Gasteiger partial charge on any atom is -0.502 e. The molecule has 3 heterocycles. The molecule has 6 unspecified atom stereocenters. The summed E-state index contributed by atoms with van der Waals surface area (Å²) in [6.07, 6.45) is -4.00. The number of benzene rings is 2. The molecule has 13 heteroatoms. The fourth-order valence-corrected chi connectivity index (χ4v) is 10.4. The Labute approximate surface area is 239 Å². The van der Waals surface area contributed by atoms with Gasteiger partial charge in [0.2, 0.25) is 17.6 Å². The van der Waals surface area contributed by atoms with Crippen molar-refractivity contribution in [3.63, 3.8) is 0 Å². The molecule has 7 atom stereocenters. The van der Waals surface area contributed by atoms with E-state index in [0.29, 0.717) is 11.4 Å². The number of aromatic hydroxyl groups is 1. The molecule has 3 fully saturated rings. The molecular weight excluding hydrogens is 581 g/mol. The number of imide groups is 1. The van der Waals surface area contributed by atoms with E-state index in [2.05, 4.69) is 4.98 Å². The van der Waals surface area contributed by atoms with Crippen LogP contribution in [0, 0.1) is 29.6 Å². The molecule has 1 aromatic heterocycles. The third kappa shape index (κ3) is 3.70. The predicted octanol–water partition coefficient (Wildman–Crippen LogP) is 4.86. The average Bonchev–Trinajstić information content (AvgIpc) is 3.67. The summed E-state index contributed by atoms with van der Waals surface area (Å²) >= 11 is 2.58. The first-order valence-corrected chi connectivity index (χ1v) is 14.6. The molecule has 4 aliphatic rings. The van der Waals surface area contributed by atoms with Crippen molar-refractivity contribution in [3.8, 4) is 17.2 Å². The molecule has 2 amide bonds. The van der Waals surface area contributed by atoms with Crippen molar-refractivity contribution < 1.29 is 37.3 Å². The maximum absolute atomic E-state index is 13.9. The molecule has 2 aliphatic carbocycles. The number of rotatable bonds is 4. The van der Waals surface area contributed by atoms with E-state index >= 15 is 0 Å². The largest absolute Gasteiger partial charge is 0.502 e. The van der Waals surface area contributed by atoms with Gasteiger partial charge in [-0.05, 0) is 60.1 Å². The minimum absolute atomic E-state index is 0.0766. The van der Waals surface area contributed by atoms with Gasteiger partial charge in [0.05, 0.1) is 42.3 Å². The third-order valence-electron chi connectivity index (χ3n) is 9.02. The number of phenolic OH excluding ortho intramolecular Hbond substituents is 1. The van der Waals surface area contributed by atoms with Crippen LogP contribution in [0.4, 0.5) is 18.9 Å². The number of ether oxygens (including phenoxy) is 2. The van der Waals surface area contributed by atoms with Crippen molar-refractivity contribution in [3.05, 3.63) is 62.1 Å². The Bertz CT molecular complexity index is 1640. The Morgan fingerprint density at radius 1 is 1.00 bits per heavy atom. The van der Waals surface area contributed by atoms with Crippen molar-refractivity contribution in [1.29, 1.82) is 0 Å². The number of hydrogen-bond acceptors (Lipinski definition) is 8. The van der Waals surface area contributed by atoms with Crippen LogP contribution in [0.25, 0.3) is 0 Å². The molecule has 3 aromatic rings. The summed E-state index contributed by atoms with van der Waals surface area (Å²) in [5.41, 5.74) is -0.269. The SMILES string of the molecule is COc1cc([C@H]2c3sc(=O)[nH]c3SC3C4CC(C5C(=O)N(c6cccc(C(F)(F)F)c6)C(=O)C45)C32)cc(OC)c1O. The molecule has 2 N–H and O–H groups in total. The number of thiazole rings is 1. The first-order chi connectivity index (χ1) is 19.5. The molecule has 8 nitrogen and oxygen atoms in total. The number of carbonyl (C=O) groups excluding carboxylic acids is 2. The second kappa shape index (κ2) is 9.02. The zero-order valence-corrected chi connectivity index (χ0v) is 23.2. The van der Waals surface area contributed by atoms with E-state index in [9.17, 15) is 32.7 Å². The van der Waals surface area contributed by atoms with Crippen LogP contribution in [-0.4, -0.2) is 41.4 Å². The first kappa shape index (κ1) is 26.4. The van der Waals surface area contributed by atoms with Gasteiger partial charge in [0.25, 0.3) is 0 Å². The number of phenols is 1. The molecule has 2 saturated carbocycles. The van der Waals surface area contributed by atoms with Crippen LogP contribution >= 0.6 is 23.1 Å². The molecule has 1 saturated heterocycles. The van der Waals surface area contributed by atoms with Gasteiger partial charge in [-0.2, -0.15) is 13.2 Å². The maximum atomic E-state index is 13.9. The van der Waals surface area contributed by atoms with Gasteiger partial charge in [-0.15, -0.1) is 11.8 Å². The summed E-state index contributed by atoms with van der Waals surface area (Å²) < 4.78 is 51.1. The van der Waals surface area contributed by atoms with Crippen LogP contribution in [-0.2, 0) is 15.8 Å². The molecule has 2 aromatic carbocycles. The van der Waals surface area contributed by atoms with Crippen molar-refractivity contribution in [2.24, 2.45) is 29.6 Å². The molecule has 214 valence electrons. The van der Waals surface area contributed by atoms with E-state index in [-0.39, 0.29) is 56.7 Å². The van der Waals surface area contributed by atoms with E-state index in [1.54, 1.807) is 12.1 Å². The van der Waals surface area contributed by atoms with E-state index < -0.39 is 35.4 Å². The van der Waals surface area contributed by atoms with E-state index in [0.717, 1.165) is 38.8 Å². The molecule has 0 spiro atoms. The topological polar surface area (TPSA) is 109 Å². The fraction of sp³-hybridized carbons (Fsp3) is 0.393. The van der Waals surface area contributed by atoms with Crippen LogP contribution in [0.3, 0.4) is 0 Å². The lowest BCUT2D eigenvalue weighted by Crippen LogP contribution is -2.42. The van der Waals surface area contributed by atoms with Crippen LogP contribution in [0.1, 0.15) is 28.3 Å². The lowest BCUT2D eigenvalue weighted by atomic mass is 9.68. The highest BCUT2D eigenvalue weighted by Gasteiger charge is 2.69. The van der Waals surface area contributed by atoms with E-state index in [1.807, 2.05) is 0 Å². The zero-order valence-electron chi connectivity index (χ0n) is 21.6. The van der Waals surface area contributed by atoms with Gasteiger partial charge in [0, 0.05) is 16.0 Å². The molecule has 41 heavy (non-hydrogen) atoms. The highest BCUT2D eigenvalue weighted by molar-refractivity contribution is 8.00. The number of amides is 2. The number of nitrogens with zero attached hydrogens (tertiary/aromatic N) is 1. The number of halogens is 3. The Morgan fingerprint density at radius 2 is 1.66 bits per heavy atom. The number of methoxy groups -OCH3 is 2. The zero-order chi connectivity index (χ0) is 29.0. The summed E-state index contributed by atoms with van der Waals surface area (Å²) in [6.45, 7) is 0. The Kier molecular flexibility index (Phi) is 5.82. The highest BCUT2D eigenvalue weighted by atomic mass is 32.2. The second-order valence-electron chi connectivity index (χ2n) is 10.8.